The fourth-order valence-corrected chi connectivity index (χ4v) is 2.60. The second-order valence-corrected chi connectivity index (χ2v) is 5.54. The quantitative estimate of drug-likeness (QED) is 0.862. The van der Waals surface area contributed by atoms with Crippen molar-refractivity contribution < 1.29 is 9.90 Å². The number of rotatable bonds is 6. The molecule has 0 saturated carbocycles. The Balaban J connectivity index is 1.98. The van der Waals surface area contributed by atoms with Gasteiger partial charge in [0.1, 0.15) is 0 Å². The Morgan fingerprint density at radius 3 is 2.64 bits per heavy atom. The molecule has 0 radical (unpaired) electrons. The molecule has 2 rings (SSSR count). The van der Waals surface area contributed by atoms with Gasteiger partial charge in [-0.1, -0.05) is 42.5 Å². The number of amides is 2. The van der Waals surface area contributed by atoms with Crippen LogP contribution in [0.4, 0.5) is 4.79 Å². The van der Waals surface area contributed by atoms with Crippen molar-refractivity contribution in [1.82, 2.24) is 10.2 Å². The van der Waals surface area contributed by atoms with Gasteiger partial charge in [-0.15, -0.1) is 0 Å². The summed E-state index contributed by atoms with van der Waals surface area (Å²) in [7, 11) is 0. The Bertz CT molecular complexity index is 627. The van der Waals surface area contributed by atoms with E-state index < -0.39 is 0 Å². The number of aliphatic hydroxyl groups excluding tert-OH is 1. The van der Waals surface area contributed by atoms with Crippen molar-refractivity contribution in [3.05, 3.63) is 48.0 Å². The standard InChI is InChI=1S/C18H24N2O2/c1-3-20(10-11-21)18(22)19-14(2)12-15-8-9-16-6-4-5-7-17(16)13-15/h4-9,13-14,21H,3,10-12H2,1-2H3,(H,19,22). The SMILES string of the molecule is CCN(CCO)C(=O)NC(C)Cc1ccc2ccccc2c1. The molecule has 2 amide bonds. The summed E-state index contributed by atoms with van der Waals surface area (Å²) in [5.41, 5.74) is 1.21. The van der Waals surface area contributed by atoms with Crippen LogP contribution in [0, 0.1) is 0 Å². The molecule has 22 heavy (non-hydrogen) atoms. The predicted octanol–water partition coefficient (Wildman–Crippen LogP) is 2.79. The molecule has 2 N–H and O–H groups in total. The van der Waals surface area contributed by atoms with Crippen molar-refractivity contribution in [2.75, 3.05) is 19.7 Å². The lowest BCUT2D eigenvalue weighted by molar-refractivity contribution is 0.177. The minimum Gasteiger partial charge on any atom is -0.395 e. The number of carbonyl (C=O) groups is 1. The molecule has 1 atom stereocenters. The zero-order valence-electron chi connectivity index (χ0n) is 13.2. The molecule has 0 fully saturated rings. The van der Waals surface area contributed by atoms with E-state index in [0.717, 1.165) is 6.42 Å². The fraction of sp³-hybridized carbons (Fsp3) is 0.389. The van der Waals surface area contributed by atoms with Gasteiger partial charge in [-0.05, 0) is 36.6 Å². The molecule has 1 unspecified atom stereocenters. The van der Waals surface area contributed by atoms with Crippen LogP contribution in [0.3, 0.4) is 0 Å². The minimum atomic E-state index is -0.121. The molecule has 0 aliphatic carbocycles. The minimum absolute atomic E-state index is 0.0136. The Hall–Kier alpha value is -2.07. The highest BCUT2D eigenvalue weighted by molar-refractivity contribution is 5.83. The van der Waals surface area contributed by atoms with E-state index in [-0.39, 0.29) is 18.7 Å². The molecule has 0 saturated heterocycles. The number of hydrogen-bond acceptors (Lipinski definition) is 2. The molecular weight excluding hydrogens is 276 g/mol. The molecule has 0 aliphatic rings. The number of urea groups is 1. The van der Waals surface area contributed by atoms with Crippen LogP contribution in [0.2, 0.25) is 0 Å². The summed E-state index contributed by atoms with van der Waals surface area (Å²) in [5.74, 6) is 0. The Labute approximate surface area is 131 Å². The predicted molar refractivity (Wildman–Crippen MR) is 90.0 cm³/mol. The molecule has 2 aromatic carbocycles. The first kappa shape index (κ1) is 16.3. The largest absolute Gasteiger partial charge is 0.395 e. The van der Waals surface area contributed by atoms with Gasteiger partial charge in [-0.3, -0.25) is 0 Å². The number of benzene rings is 2. The molecule has 4 heteroatoms. The Kier molecular flexibility index (Phi) is 5.78. The molecule has 0 aromatic heterocycles. The van der Waals surface area contributed by atoms with Crippen LogP contribution < -0.4 is 5.32 Å². The maximum absolute atomic E-state index is 12.1. The van der Waals surface area contributed by atoms with Gasteiger partial charge in [0.25, 0.3) is 0 Å². The van der Waals surface area contributed by atoms with Gasteiger partial charge in [0.15, 0.2) is 0 Å². The summed E-state index contributed by atoms with van der Waals surface area (Å²) in [6.07, 6.45) is 0.785. The highest BCUT2D eigenvalue weighted by Gasteiger charge is 2.13. The van der Waals surface area contributed by atoms with E-state index >= 15 is 0 Å². The van der Waals surface area contributed by atoms with Crippen LogP contribution in [-0.2, 0) is 6.42 Å². The van der Waals surface area contributed by atoms with E-state index in [4.69, 9.17) is 5.11 Å². The first-order valence-electron chi connectivity index (χ1n) is 7.78. The monoisotopic (exact) mass is 300 g/mol. The average Bonchev–Trinajstić information content (AvgIpc) is 2.52. The Morgan fingerprint density at radius 2 is 1.95 bits per heavy atom. The average molecular weight is 300 g/mol. The third kappa shape index (κ3) is 4.21. The van der Waals surface area contributed by atoms with Gasteiger partial charge >= 0.3 is 6.03 Å². The van der Waals surface area contributed by atoms with E-state index in [2.05, 4.69) is 35.6 Å². The van der Waals surface area contributed by atoms with Crippen molar-refractivity contribution in [3.8, 4) is 0 Å². The highest BCUT2D eigenvalue weighted by Crippen LogP contribution is 2.16. The van der Waals surface area contributed by atoms with E-state index in [0.29, 0.717) is 13.1 Å². The smallest absolute Gasteiger partial charge is 0.317 e. The zero-order valence-corrected chi connectivity index (χ0v) is 13.2. The van der Waals surface area contributed by atoms with Crippen LogP contribution in [-0.4, -0.2) is 41.8 Å². The summed E-state index contributed by atoms with van der Waals surface area (Å²) in [4.78, 5) is 13.7. The maximum atomic E-state index is 12.1. The lowest BCUT2D eigenvalue weighted by Crippen LogP contribution is -2.45. The topological polar surface area (TPSA) is 52.6 Å². The summed E-state index contributed by atoms with van der Waals surface area (Å²) in [6.45, 7) is 4.85. The summed E-state index contributed by atoms with van der Waals surface area (Å²) < 4.78 is 0. The zero-order chi connectivity index (χ0) is 15.9. The molecule has 0 spiro atoms. The van der Waals surface area contributed by atoms with Crippen LogP contribution in [0.25, 0.3) is 10.8 Å². The van der Waals surface area contributed by atoms with E-state index in [1.54, 1.807) is 4.90 Å². The van der Waals surface area contributed by atoms with Crippen molar-refractivity contribution in [3.63, 3.8) is 0 Å². The van der Waals surface area contributed by atoms with E-state index in [1.807, 2.05) is 26.0 Å². The van der Waals surface area contributed by atoms with Gasteiger partial charge in [-0.25, -0.2) is 4.79 Å². The molecule has 4 nitrogen and oxygen atoms in total. The maximum Gasteiger partial charge on any atom is 0.317 e. The fourth-order valence-electron chi connectivity index (χ4n) is 2.60. The molecule has 2 aromatic rings. The molecular formula is C18H24N2O2. The molecule has 0 aliphatic heterocycles. The number of carbonyl (C=O) groups excluding carboxylic acids is 1. The molecule has 118 valence electrons. The first-order valence-corrected chi connectivity index (χ1v) is 7.78. The highest BCUT2D eigenvalue weighted by atomic mass is 16.3. The number of nitrogens with zero attached hydrogens (tertiary/aromatic N) is 1. The number of likely N-dealkylation sites (N-methyl/N-ethyl adjacent to an activating group) is 1. The van der Waals surface area contributed by atoms with Crippen molar-refractivity contribution in [1.29, 1.82) is 0 Å². The summed E-state index contributed by atoms with van der Waals surface area (Å²) in [5, 5.41) is 14.4. The third-order valence-electron chi connectivity index (χ3n) is 3.76. The van der Waals surface area contributed by atoms with Gasteiger partial charge < -0.3 is 15.3 Å². The van der Waals surface area contributed by atoms with Crippen molar-refractivity contribution in [2.24, 2.45) is 0 Å². The second-order valence-electron chi connectivity index (χ2n) is 5.54. The number of nitrogens with one attached hydrogen (secondary N) is 1. The van der Waals surface area contributed by atoms with Crippen molar-refractivity contribution >= 4 is 16.8 Å². The summed E-state index contributed by atoms with van der Waals surface area (Å²) in [6, 6.07) is 14.6. The van der Waals surface area contributed by atoms with Crippen LogP contribution in [0.1, 0.15) is 19.4 Å². The summed E-state index contributed by atoms with van der Waals surface area (Å²) >= 11 is 0. The number of aliphatic hydroxyl groups is 1. The van der Waals surface area contributed by atoms with Crippen LogP contribution in [0.5, 0.6) is 0 Å². The number of fused-ring (bicyclic) bond motifs is 1. The van der Waals surface area contributed by atoms with Gasteiger partial charge in [-0.2, -0.15) is 0 Å². The van der Waals surface area contributed by atoms with Gasteiger partial charge in [0, 0.05) is 19.1 Å². The normalized spacial score (nSPS) is 12.1. The third-order valence-corrected chi connectivity index (χ3v) is 3.76. The molecule has 0 bridgehead atoms. The molecule has 0 heterocycles. The lowest BCUT2D eigenvalue weighted by atomic mass is 10.0. The lowest BCUT2D eigenvalue weighted by Gasteiger charge is -2.23. The van der Waals surface area contributed by atoms with Gasteiger partial charge in [0.2, 0.25) is 0 Å². The van der Waals surface area contributed by atoms with Crippen LogP contribution in [0.15, 0.2) is 42.5 Å². The van der Waals surface area contributed by atoms with E-state index in [9.17, 15) is 4.79 Å². The number of hydrogen-bond donors (Lipinski definition) is 2. The van der Waals surface area contributed by atoms with Crippen molar-refractivity contribution in [2.45, 2.75) is 26.3 Å². The van der Waals surface area contributed by atoms with Crippen LogP contribution >= 0.6 is 0 Å². The van der Waals surface area contributed by atoms with E-state index in [1.165, 1.54) is 16.3 Å². The van der Waals surface area contributed by atoms with Gasteiger partial charge in [0.05, 0.1) is 6.61 Å². The Morgan fingerprint density at radius 1 is 1.23 bits per heavy atom. The second kappa shape index (κ2) is 7.80. The first-order chi connectivity index (χ1) is 10.6.